The molecule has 260 valence electrons. The van der Waals surface area contributed by atoms with Gasteiger partial charge in [-0.2, -0.15) is 13.2 Å². The van der Waals surface area contributed by atoms with E-state index in [-0.39, 0.29) is 55.0 Å². The molecule has 2 bridgehead atoms. The molecule has 3 unspecified atom stereocenters. The molecule has 47 heavy (non-hydrogen) atoms. The van der Waals surface area contributed by atoms with Gasteiger partial charge in [-0.3, -0.25) is 13.9 Å². The van der Waals surface area contributed by atoms with Crippen LogP contribution in [-0.2, 0) is 16.0 Å². The van der Waals surface area contributed by atoms with E-state index in [4.69, 9.17) is 16.3 Å². The number of anilines is 1. The number of fused-ring (bicyclic) bond motifs is 2. The second kappa shape index (κ2) is 14.8. The normalized spacial score (nSPS) is 27.9. The fourth-order valence-electron chi connectivity index (χ4n) is 6.91. The van der Waals surface area contributed by atoms with E-state index in [1.54, 1.807) is 16.4 Å². The van der Waals surface area contributed by atoms with Gasteiger partial charge in [-0.05, 0) is 74.3 Å². The molecule has 3 fully saturated rings. The van der Waals surface area contributed by atoms with Crippen molar-refractivity contribution in [3.63, 3.8) is 0 Å². The summed E-state index contributed by atoms with van der Waals surface area (Å²) in [4.78, 5) is 25.9. The van der Waals surface area contributed by atoms with E-state index in [0.717, 1.165) is 6.42 Å². The van der Waals surface area contributed by atoms with Gasteiger partial charge in [-0.25, -0.2) is 13.5 Å². The van der Waals surface area contributed by atoms with Gasteiger partial charge in [0.25, 0.3) is 0 Å². The van der Waals surface area contributed by atoms with Gasteiger partial charge >= 0.3 is 12.3 Å². The van der Waals surface area contributed by atoms with Crippen molar-refractivity contribution in [2.75, 3.05) is 30.8 Å². The van der Waals surface area contributed by atoms with E-state index in [0.29, 0.717) is 36.5 Å². The number of ether oxygens (including phenoxy) is 1. The van der Waals surface area contributed by atoms with Gasteiger partial charge in [-0.15, -0.1) is 10.8 Å². The Bertz CT molecular complexity index is 1410. The number of piperazine rings is 1. The summed E-state index contributed by atoms with van der Waals surface area (Å²) >= 11 is 6.07. The minimum atomic E-state index is -4.57. The molecule has 0 spiro atoms. The van der Waals surface area contributed by atoms with E-state index < -0.39 is 58.8 Å². The average molecular weight is 707 g/mol. The Morgan fingerprint density at radius 1 is 1.13 bits per heavy atom. The first-order chi connectivity index (χ1) is 22.2. The highest BCUT2D eigenvalue weighted by atomic mass is 35.5. The van der Waals surface area contributed by atoms with Crippen LogP contribution < -0.4 is 16.0 Å². The third kappa shape index (κ3) is 8.69. The number of rotatable bonds is 9. The zero-order chi connectivity index (χ0) is 33.9. The monoisotopic (exact) mass is 706 g/mol. The summed E-state index contributed by atoms with van der Waals surface area (Å²) in [5.41, 5.74) is 0.713. The van der Waals surface area contributed by atoms with Crippen LogP contribution in [0.1, 0.15) is 49.1 Å². The minimum absolute atomic E-state index is 0.000259. The molecular weight excluding hydrogens is 668 g/mol. The van der Waals surface area contributed by atoms with Crippen molar-refractivity contribution in [3.05, 3.63) is 64.4 Å². The van der Waals surface area contributed by atoms with Crippen LogP contribution in [0.3, 0.4) is 0 Å². The summed E-state index contributed by atoms with van der Waals surface area (Å²) in [5.74, 6) is -2.81. The lowest BCUT2D eigenvalue weighted by Gasteiger charge is -2.49. The van der Waals surface area contributed by atoms with Gasteiger partial charge < -0.3 is 25.8 Å². The fraction of sp³-hybridized carbons (Fsp3) is 0.548. The molecule has 3 saturated heterocycles. The minimum Gasteiger partial charge on any atom is -0.465 e. The van der Waals surface area contributed by atoms with E-state index in [2.05, 4.69) is 16.0 Å². The highest BCUT2D eigenvalue weighted by Gasteiger charge is 2.46. The largest absolute Gasteiger partial charge is 0.465 e. The van der Waals surface area contributed by atoms with Crippen LogP contribution in [0.5, 0.6) is 0 Å². The zero-order valence-corrected chi connectivity index (χ0v) is 27.0. The number of hydrogen-bond acceptors (Lipinski definition) is 7. The molecule has 6 N–H and O–H groups in total. The first-order valence-electron chi connectivity index (χ1n) is 15.5. The smallest absolute Gasteiger partial charge is 0.414 e. The predicted octanol–water partition coefficient (Wildman–Crippen LogP) is 6.23. The summed E-state index contributed by atoms with van der Waals surface area (Å²) in [6.07, 6.45) is -6.49. The number of halogens is 5. The molecule has 0 radical (unpaired) electrons. The maximum atomic E-state index is 15.3. The van der Waals surface area contributed by atoms with Crippen molar-refractivity contribution in [1.82, 2.24) is 14.9 Å². The molecule has 3 heterocycles. The number of carboxylic acid groups (broad SMARTS) is 1. The number of carbonyl (C=O) groups is 2. The van der Waals surface area contributed by atoms with Crippen LogP contribution in [0, 0.1) is 11.7 Å². The van der Waals surface area contributed by atoms with Crippen molar-refractivity contribution in [2.24, 2.45) is 5.92 Å². The van der Waals surface area contributed by atoms with Crippen molar-refractivity contribution in [1.29, 1.82) is 0 Å². The molecule has 3 aliphatic rings. The van der Waals surface area contributed by atoms with Crippen LogP contribution in [0.15, 0.2) is 42.5 Å². The Morgan fingerprint density at radius 2 is 1.87 bits per heavy atom. The summed E-state index contributed by atoms with van der Waals surface area (Å²) in [6, 6.07) is 8.68. The Labute approximate surface area is 276 Å². The van der Waals surface area contributed by atoms with E-state index in [1.807, 2.05) is 0 Å². The number of carbonyl (C=O) groups excluding carboxylic acids is 1. The molecule has 2 aromatic rings. The van der Waals surface area contributed by atoms with E-state index >= 15 is 4.39 Å². The molecule has 10 nitrogen and oxygen atoms in total. The Kier molecular flexibility index (Phi) is 11.3. The van der Waals surface area contributed by atoms with Gasteiger partial charge in [0.15, 0.2) is 6.10 Å². The topological polar surface area (TPSA) is 143 Å². The van der Waals surface area contributed by atoms with Crippen molar-refractivity contribution < 1.29 is 46.1 Å². The van der Waals surface area contributed by atoms with Crippen LogP contribution in [0.4, 0.5) is 28.0 Å². The third-order valence-corrected chi connectivity index (χ3v) is 11.5. The number of benzene rings is 2. The number of nitrogens with zero attached hydrogens (tertiary/aromatic N) is 1. The second-order valence-corrected chi connectivity index (χ2v) is 14.9. The van der Waals surface area contributed by atoms with Crippen LogP contribution in [-0.4, -0.2) is 86.4 Å². The van der Waals surface area contributed by atoms with Gasteiger partial charge in [0.1, 0.15) is 11.9 Å². The standard InChI is InChI=1S/C31H39ClF4N4O6S/c32-20-9-6-18(7-10-20)27(19-8-13-26(46-17-19)31(34,35)36)28(39-30(42)43)29(41)38-25-5-1-4-24(33)23(25)12-11-22-15-37-21-3-2-14-47(44,45)40(22)16-21/h1,4-7,9-10,19,21-22,26-28,37,39,44-45H,2-3,8,11-17H2,(H,38,41)(H,42,43)/t19?,21-,22+,26?,27+,28+/m1/s1. The van der Waals surface area contributed by atoms with E-state index in [1.165, 1.54) is 30.3 Å². The van der Waals surface area contributed by atoms with Gasteiger partial charge in [0.2, 0.25) is 5.91 Å². The third-order valence-electron chi connectivity index (χ3n) is 9.26. The van der Waals surface area contributed by atoms with Crippen LogP contribution in [0.25, 0.3) is 0 Å². The molecule has 2 amide bonds. The Balaban J connectivity index is 1.39. The Morgan fingerprint density at radius 3 is 2.53 bits per heavy atom. The predicted molar refractivity (Wildman–Crippen MR) is 170 cm³/mol. The lowest BCUT2D eigenvalue weighted by molar-refractivity contribution is -0.236. The fourth-order valence-corrected chi connectivity index (χ4v) is 8.90. The maximum absolute atomic E-state index is 15.3. The number of nitrogens with one attached hydrogen (secondary N) is 3. The molecule has 5 rings (SSSR count). The summed E-state index contributed by atoms with van der Waals surface area (Å²) in [5, 5.41) is 18.5. The first-order valence-corrected chi connectivity index (χ1v) is 17.6. The van der Waals surface area contributed by atoms with E-state index in [9.17, 15) is 37.0 Å². The molecule has 2 aromatic carbocycles. The summed E-state index contributed by atoms with van der Waals surface area (Å²) < 4.78 is 83.8. The van der Waals surface area contributed by atoms with Crippen molar-refractivity contribution in [2.45, 2.75) is 74.8 Å². The molecule has 3 aliphatic heterocycles. The number of amides is 2. The van der Waals surface area contributed by atoms with Crippen molar-refractivity contribution in [3.8, 4) is 0 Å². The van der Waals surface area contributed by atoms with Crippen LogP contribution in [0.2, 0.25) is 5.02 Å². The molecule has 7 atom stereocenters. The molecule has 0 saturated carbocycles. The molecule has 0 aliphatic carbocycles. The Hall–Kier alpha value is -2.66. The lowest BCUT2D eigenvalue weighted by atomic mass is 9.76. The second-order valence-electron chi connectivity index (χ2n) is 12.3. The summed E-state index contributed by atoms with van der Waals surface area (Å²) in [7, 11) is -2.98. The quantitative estimate of drug-likeness (QED) is 0.169. The maximum Gasteiger partial charge on any atom is 0.414 e. The summed E-state index contributed by atoms with van der Waals surface area (Å²) in [6.45, 7) is 0.555. The van der Waals surface area contributed by atoms with Crippen LogP contribution >= 0.6 is 22.4 Å². The lowest BCUT2D eigenvalue weighted by Crippen LogP contribution is -2.55. The first kappa shape index (κ1) is 35.6. The van der Waals surface area contributed by atoms with Gasteiger partial charge in [-0.1, -0.05) is 29.8 Å². The number of alkyl halides is 3. The average Bonchev–Trinajstić information content (AvgIpc) is 3.12. The molecular formula is C31H39ClF4N4O6S. The SMILES string of the molecule is O=C(O)N[C@H](C(=O)Nc1cccc(F)c1CC[C@H]1CN[C@@H]2CCCS(O)(O)N1C2)[C@@H](c1ccc(Cl)cc1)C1CCC(C(F)(F)F)OC1. The van der Waals surface area contributed by atoms with Gasteiger partial charge in [0, 0.05) is 47.4 Å². The molecule has 0 aromatic heterocycles. The highest BCUT2D eigenvalue weighted by molar-refractivity contribution is 8.22. The van der Waals surface area contributed by atoms with Crippen molar-refractivity contribution >= 4 is 40.1 Å². The zero-order valence-electron chi connectivity index (χ0n) is 25.4. The molecule has 16 heteroatoms. The highest BCUT2D eigenvalue weighted by Crippen LogP contribution is 2.49. The number of hydrogen-bond donors (Lipinski definition) is 6. The van der Waals surface area contributed by atoms with Gasteiger partial charge in [0.05, 0.1) is 12.4 Å².